The zero-order valence-corrected chi connectivity index (χ0v) is 15.1. The lowest BCUT2D eigenvalue weighted by molar-refractivity contribution is 0.0198. The van der Waals surface area contributed by atoms with Gasteiger partial charge in [-0.2, -0.15) is 5.10 Å². The van der Waals surface area contributed by atoms with Crippen LogP contribution in [0.5, 0.6) is 0 Å². The van der Waals surface area contributed by atoms with Crippen LogP contribution in [0, 0.1) is 0 Å². The van der Waals surface area contributed by atoms with Crippen LogP contribution in [-0.2, 0) is 4.74 Å². The first-order valence-corrected chi connectivity index (χ1v) is 9.65. The van der Waals surface area contributed by atoms with Crippen molar-refractivity contribution in [1.29, 1.82) is 0 Å². The summed E-state index contributed by atoms with van der Waals surface area (Å²) in [4.78, 5) is 7.25. The zero-order valence-electron chi connectivity index (χ0n) is 15.1. The first-order chi connectivity index (χ1) is 12.3. The minimum absolute atomic E-state index is 0.419. The fourth-order valence-electron chi connectivity index (χ4n) is 4.05. The highest BCUT2D eigenvalue weighted by atomic mass is 16.5. The summed E-state index contributed by atoms with van der Waals surface area (Å²) in [6.07, 6.45) is 6.47. The number of aromatic nitrogens is 3. The molecule has 2 fully saturated rings. The van der Waals surface area contributed by atoms with Crippen LogP contribution in [0.4, 0.5) is 0 Å². The number of rotatable bonds is 4. The molecule has 0 radical (unpaired) electrons. The summed E-state index contributed by atoms with van der Waals surface area (Å²) < 4.78 is 5.45. The van der Waals surface area contributed by atoms with Crippen molar-refractivity contribution in [2.24, 2.45) is 0 Å². The Kier molecular flexibility index (Phi) is 5.13. The quantitative estimate of drug-likeness (QED) is 0.917. The Balaban J connectivity index is 1.45. The maximum absolute atomic E-state index is 5.45. The van der Waals surface area contributed by atoms with E-state index in [0.717, 1.165) is 43.5 Å². The minimum atomic E-state index is 0.419. The molecule has 2 heterocycles. The Labute approximate surface area is 149 Å². The molecule has 1 atom stereocenters. The normalized spacial score (nSPS) is 21.3. The summed E-state index contributed by atoms with van der Waals surface area (Å²) in [7, 11) is 0. The van der Waals surface area contributed by atoms with Gasteiger partial charge in [-0.15, -0.1) is 0 Å². The summed E-state index contributed by atoms with van der Waals surface area (Å²) in [5, 5.41) is 7.64. The molecule has 1 saturated carbocycles. The Morgan fingerprint density at radius 1 is 1.08 bits per heavy atom. The first-order valence-electron chi connectivity index (χ1n) is 9.65. The number of nitrogens with one attached hydrogen (secondary N) is 1. The van der Waals surface area contributed by atoms with Crippen LogP contribution in [0.25, 0.3) is 11.4 Å². The van der Waals surface area contributed by atoms with Gasteiger partial charge in [-0.1, -0.05) is 43.5 Å². The molecular formula is C20H28N4O. The molecule has 2 aliphatic rings. The molecule has 1 aliphatic carbocycles. The van der Waals surface area contributed by atoms with Crippen LogP contribution in [0.15, 0.2) is 24.3 Å². The van der Waals surface area contributed by atoms with Crippen LogP contribution in [0.1, 0.15) is 62.4 Å². The van der Waals surface area contributed by atoms with E-state index in [4.69, 9.17) is 9.72 Å². The van der Waals surface area contributed by atoms with E-state index in [1.807, 2.05) is 0 Å². The number of benzene rings is 1. The molecule has 4 rings (SSSR count). The van der Waals surface area contributed by atoms with Gasteiger partial charge in [0.2, 0.25) is 0 Å². The van der Waals surface area contributed by atoms with Crippen molar-refractivity contribution in [3.63, 3.8) is 0 Å². The van der Waals surface area contributed by atoms with Gasteiger partial charge in [0.15, 0.2) is 5.82 Å². The van der Waals surface area contributed by atoms with E-state index in [2.05, 4.69) is 46.3 Å². The lowest BCUT2D eigenvalue weighted by Crippen LogP contribution is -2.37. The molecular weight excluding hydrogens is 312 g/mol. The first kappa shape index (κ1) is 16.7. The van der Waals surface area contributed by atoms with E-state index in [0.29, 0.717) is 12.0 Å². The molecule has 1 aromatic heterocycles. The van der Waals surface area contributed by atoms with Gasteiger partial charge < -0.3 is 4.74 Å². The van der Waals surface area contributed by atoms with Crippen molar-refractivity contribution < 1.29 is 4.74 Å². The zero-order chi connectivity index (χ0) is 17.1. The third kappa shape index (κ3) is 3.77. The maximum atomic E-state index is 5.45. The second-order valence-corrected chi connectivity index (χ2v) is 7.33. The fourth-order valence-corrected chi connectivity index (χ4v) is 4.05. The molecule has 0 amide bonds. The van der Waals surface area contributed by atoms with Gasteiger partial charge in [-0.3, -0.25) is 10.00 Å². The lowest BCUT2D eigenvalue weighted by Gasteiger charge is -2.32. The molecule has 25 heavy (non-hydrogen) atoms. The summed E-state index contributed by atoms with van der Waals surface area (Å²) in [5.41, 5.74) is 2.44. The second kappa shape index (κ2) is 7.67. The third-order valence-electron chi connectivity index (χ3n) is 5.74. The van der Waals surface area contributed by atoms with Gasteiger partial charge in [0.05, 0.1) is 13.2 Å². The van der Waals surface area contributed by atoms with E-state index in [1.54, 1.807) is 0 Å². The second-order valence-electron chi connectivity index (χ2n) is 7.33. The molecule has 1 aromatic carbocycles. The Morgan fingerprint density at radius 2 is 1.80 bits per heavy atom. The standard InChI is InChI=1S/C20H28N4O/c1-15(24-11-13-25-14-12-24)16-7-9-18(10-8-16)20-21-19(22-23-20)17-5-3-2-4-6-17/h7-10,15,17H,2-6,11-14H2,1H3,(H,21,22,23)/t15-/m1/s1. The van der Waals surface area contributed by atoms with Crippen molar-refractivity contribution in [3.05, 3.63) is 35.7 Å². The topological polar surface area (TPSA) is 54.0 Å². The van der Waals surface area contributed by atoms with Crippen LogP contribution >= 0.6 is 0 Å². The molecule has 5 heteroatoms. The molecule has 0 spiro atoms. The molecule has 0 bridgehead atoms. The van der Waals surface area contributed by atoms with E-state index in [1.165, 1.54) is 37.7 Å². The Morgan fingerprint density at radius 3 is 2.52 bits per heavy atom. The molecule has 2 aromatic rings. The summed E-state index contributed by atoms with van der Waals surface area (Å²) in [5.74, 6) is 2.46. The van der Waals surface area contributed by atoms with Gasteiger partial charge in [0.1, 0.15) is 5.82 Å². The number of ether oxygens (including phenoxy) is 1. The van der Waals surface area contributed by atoms with Crippen molar-refractivity contribution in [1.82, 2.24) is 20.1 Å². The summed E-state index contributed by atoms with van der Waals surface area (Å²) in [6, 6.07) is 9.15. The number of H-pyrrole nitrogens is 1. The van der Waals surface area contributed by atoms with Crippen LogP contribution < -0.4 is 0 Å². The van der Waals surface area contributed by atoms with Crippen molar-refractivity contribution in [2.75, 3.05) is 26.3 Å². The van der Waals surface area contributed by atoms with E-state index < -0.39 is 0 Å². The van der Waals surface area contributed by atoms with E-state index >= 15 is 0 Å². The van der Waals surface area contributed by atoms with Gasteiger partial charge >= 0.3 is 0 Å². The highest BCUT2D eigenvalue weighted by Crippen LogP contribution is 2.31. The monoisotopic (exact) mass is 340 g/mol. The highest BCUT2D eigenvalue weighted by molar-refractivity contribution is 5.55. The fraction of sp³-hybridized carbons (Fsp3) is 0.600. The third-order valence-corrected chi connectivity index (χ3v) is 5.74. The van der Waals surface area contributed by atoms with Gasteiger partial charge in [0.25, 0.3) is 0 Å². The number of morpholine rings is 1. The lowest BCUT2D eigenvalue weighted by atomic mass is 9.89. The van der Waals surface area contributed by atoms with Crippen LogP contribution in [0.3, 0.4) is 0 Å². The van der Waals surface area contributed by atoms with Crippen LogP contribution in [0.2, 0.25) is 0 Å². The van der Waals surface area contributed by atoms with Crippen molar-refractivity contribution in [3.8, 4) is 11.4 Å². The van der Waals surface area contributed by atoms with Crippen LogP contribution in [-0.4, -0.2) is 46.4 Å². The Bertz CT molecular complexity index is 669. The minimum Gasteiger partial charge on any atom is -0.379 e. The molecule has 1 N–H and O–H groups in total. The average molecular weight is 340 g/mol. The average Bonchev–Trinajstić information content (AvgIpc) is 3.19. The predicted molar refractivity (Wildman–Crippen MR) is 98.5 cm³/mol. The number of nitrogens with zero attached hydrogens (tertiary/aromatic N) is 3. The van der Waals surface area contributed by atoms with Crippen molar-refractivity contribution in [2.45, 2.75) is 51.0 Å². The number of aromatic amines is 1. The number of hydrogen-bond donors (Lipinski definition) is 1. The maximum Gasteiger partial charge on any atom is 0.181 e. The summed E-state index contributed by atoms with van der Waals surface area (Å²) >= 11 is 0. The van der Waals surface area contributed by atoms with Crippen molar-refractivity contribution >= 4 is 0 Å². The molecule has 134 valence electrons. The smallest absolute Gasteiger partial charge is 0.181 e. The van der Waals surface area contributed by atoms with Gasteiger partial charge in [-0.25, -0.2) is 4.98 Å². The van der Waals surface area contributed by atoms with E-state index in [9.17, 15) is 0 Å². The Hall–Kier alpha value is -1.72. The molecule has 0 unspecified atom stereocenters. The predicted octanol–water partition coefficient (Wildman–Crippen LogP) is 3.91. The summed E-state index contributed by atoms with van der Waals surface area (Å²) in [6.45, 7) is 5.96. The van der Waals surface area contributed by atoms with E-state index in [-0.39, 0.29) is 0 Å². The van der Waals surface area contributed by atoms with Gasteiger partial charge in [0, 0.05) is 30.6 Å². The van der Waals surface area contributed by atoms with Gasteiger partial charge in [-0.05, 0) is 25.3 Å². The largest absolute Gasteiger partial charge is 0.379 e. The number of hydrogen-bond acceptors (Lipinski definition) is 4. The molecule has 1 saturated heterocycles. The molecule has 1 aliphatic heterocycles. The molecule has 5 nitrogen and oxygen atoms in total. The SMILES string of the molecule is C[C@H](c1ccc(-c2n[nH]c(C3CCCCC3)n2)cc1)N1CCOCC1. The highest BCUT2D eigenvalue weighted by Gasteiger charge is 2.20.